The summed E-state index contributed by atoms with van der Waals surface area (Å²) in [6, 6.07) is 0. The van der Waals surface area contributed by atoms with Gasteiger partial charge in [0.05, 0.1) is 12.2 Å². The van der Waals surface area contributed by atoms with Gasteiger partial charge in [-0.15, -0.1) is 0 Å². The van der Waals surface area contributed by atoms with Gasteiger partial charge in [0.15, 0.2) is 0 Å². The highest BCUT2D eigenvalue weighted by Gasteiger charge is 2.22. The highest BCUT2D eigenvalue weighted by Crippen LogP contribution is 2.06. The summed E-state index contributed by atoms with van der Waals surface area (Å²) in [6.45, 7) is 0.346. The van der Waals surface area contributed by atoms with Crippen LogP contribution in [0.25, 0.3) is 0 Å². The number of carbonyl (C=O) groups excluding carboxylic acids is 1. The highest BCUT2D eigenvalue weighted by atomic mass is 16.5. The van der Waals surface area contributed by atoms with Gasteiger partial charge in [-0.05, 0) is 0 Å². The average molecular weight is 183 g/mol. The third-order valence-corrected chi connectivity index (χ3v) is 1.52. The maximum Gasteiger partial charge on any atom is 0.274 e. The number of rotatable bonds is 3. The van der Waals surface area contributed by atoms with Gasteiger partial charge >= 0.3 is 0 Å². The van der Waals surface area contributed by atoms with Crippen molar-refractivity contribution >= 4 is 11.6 Å². The summed E-state index contributed by atoms with van der Waals surface area (Å²) in [4.78, 5) is 13.0. The molecule has 1 aliphatic heterocycles. The van der Waals surface area contributed by atoms with E-state index < -0.39 is 0 Å². The smallest absolute Gasteiger partial charge is 0.274 e. The van der Waals surface area contributed by atoms with Crippen LogP contribution in [0.3, 0.4) is 0 Å². The van der Waals surface area contributed by atoms with Crippen molar-refractivity contribution in [3.8, 4) is 0 Å². The average Bonchev–Trinajstić information content (AvgIpc) is 2.36. The lowest BCUT2D eigenvalue weighted by Crippen LogP contribution is -2.18. The Hall–Kier alpha value is -1.36. The zero-order valence-corrected chi connectivity index (χ0v) is 8.00. The molecule has 5 heteroatoms. The molecule has 0 unspecified atom stereocenters. The van der Waals surface area contributed by atoms with E-state index in [1.807, 2.05) is 14.1 Å². The van der Waals surface area contributed by atoms with Crippen LogP contribution >= 0.6 is 0 Å². The first kappa shape index (κ1) is 9.73. The summed E-state index contributed by atoms with van der Waals surface area (Å²) in [5.41, 5.74) is 3.59. The van der Waals surface area contributed by atoms with Gasteiger partial charge in [-0.25, -0.2) is 5.43 Å². The van der Waals surface area contributed by atoms with Gasteiger partial charge in [0.25, 0.3) is 5.91 Å². The first-order chi connectivity index (χ1) is 6.15. The molecule has 1 heterocycles. The van der Waals surface area contributed by atoms with Crippen molar-refractivity contribution in [1.29, 1.82) is 0 Å². The molecule has 0 aromatic rings. The van der Waals surface area contributed by atoms with Gasteiger partial charge in [-0.1, -0.05) is 0 Å². The minimum atomic E-state index is -0.180. The molecule has 0 saturated heterocycles. The van der Waals surface area contributed by atoms with Gasteiger partial charge in [0.1, 0.15) is 5.71 Å². The topological polar surface area (TPSA) is 53.9 Å². The fourth-order valence-electron chi connectivity index (χ4n) is 1.01. The van der Waals surface area contributed by atoms with Crippen LogP contribution in [0.1, 0.15) is 0 Å². The molecule has 0 atom stereocenters. The molecule has 0 bridgehead atoms. The van der Waals surface area contributed by atoms with Crippen molar-refractivity contribution in [2.45, 2.75) is 0 Å². The van der Waals surface area contributed by atoms with Crippen LogP contribution in [0.4, 0.5) is 0 Å². The normalized spacial score (nSPS) is 18.8. The van der Waals surface area contributed by atoms with E-state index in [0.29, 0.717) is 17.9 Å². The van der Waals surface area contributed by atoms with E-state index in [0.717, 1.165) is 0 Å². The van der Waals surface area contributed by atoms with Crippen molar-refractivity contribution in [1.82, 2.24) is 10.3 Å². The Labute approximate surface area is 77.0 Å². The number of nitrogens with zero attached hydrogens (tertiary/aromatic N) is 2. The molecular formula is C8H13N3O2. The molecule has 5 nitrogen and oxygen atoms in total. The zero-order valence-electron chi connectivity index (χ0n) is 8.00. The number of hydrazone groups is 1. The van der Waals surface area contributed by atoms with E-state index in [9.17, 15) is 4.79 Å². The molecule has 0 aromatic heterocycles. The molecule has 0 aliphatic carbocycles. The van der Waals surface area contributed by atoms with Crippen LogP contribution in [0.15, 0.2) is 16.9 Å². The Morgan fingerprint density at radius 2 is 2.31 bits per heavy atom. The summed E-state index contributed by atoms with van der Waals surface area (Å²) in [5, 5.41) is 3.84. The summed E-state index contributed by atoms with van der Waals surface area (Å²) in [7, 11) is 5.27. The Morgan fingerprint density at radius 1 is 1.62 bits per heavy atom. The van der Waals surface area contributed by atoms with Crippen LogP contribution in [-0.4, -0.2) is 44.3 Å². The number of ether oxygens (including phenoxy) is 1. The minimum Gasteiger partial charge on any atom is -0.383 e. The maximum atomic E-state index is 11.2. The maximum absolute atomic E-state index is 11.2. The predicted octanol–water partition coefficient (Wildman–Crippen LogP) is -0.436. The van der Waals surface area contributed by atoms with Crippen LogP contribution in [0.2, 0.25) is 0 Å². The molecule has 0 fully saturated rings. The van der Waals surface area contributed by atoms with Crippen molar-refractivity contribution in [3.63, 3.8) is 0 Å². The lowest BCUT2D eigenvalue weighted by atomic mass is 10.2. The van der Waals surface area contributed by atoms with E-state index in [-0.39, 0.29) is 5.91 Å². The summed E-state index contributed by atoms with van der Waals surface area (Å²) in [6.07, 6.45) is 1.72. The number of nitrogens with one attached hydrogen (secondary N) is 1. The summed E-state index contributed by atoms with van der Waals surface area (Å²) >= 11 is 0. The quantitative estimate of drug-likeness (QED) is 0.604. The minimum absolute atomic E-state index is 0.180. The standard InChI is InChI=1S/C8H13N3O2/c1-11(2)4-6-7(5-13-3)9-10-8(6)12/h4H,5H2,1-3H3,(H,10,12)/b6-4-. The van der Waals surface area contributed by atoms with E-state index in [1.165, 1.54) is 0 Å². The second-order valence-corrected chi connectivity index (χ2v) is 2.94. The van der Waals surface area contributed by atoms with Crippen LogP contribution in [0, 0.1) is 0 Å². The second-order valence-electron chi connectivity index (χ2n) is 2.94. The molecule has 0 aromatic carbocycles. The van der Waals surface area contributed by atoms with Gasteiger partial charge in [-0.3, -0.25) is 4.79 Å². The number of methoxy groups -OCH3 is 1. The molecule has 1 N–H and O–H groups in total. The molecule has 1 rings (SSSR count). The number of carbonyl (C=O) groups is 1. The van der Waals surface area contributed by atoms with Crippen molar-refractivity contribution in [3.05, 3.63) is 11.8 Å². The molecule has 0 radical (unpaired) electrons. The van der Waals surface area contributed by atoms with Gasteiger partial charge in [0.2, 0.25) is 0 Å². The Kier molecular flexibility index (Phi) is 3.02. The number of amides is 1. The molecule has 1 aliphatic rings. The third kappa shape index (κ3) is 2.29. The predicted molar refractivity (Wildman–Crippen MR) is 49.2 cm³/mol. The van der Waals surface area contributed by atoms with Crippen LogP contribution in [0.5, 0.6) is 0 Å². The molecular weight excluding hydrogens is 170 g/mol. The monoisotopic (exact) mass is 183 g/mol. The SMILES string of the molecule is COCC1=NNC(=O)/C1=C\N(C)C. The van der Waals surface area contributed by atoms with Crippen molar-refractivity contribution < 1.29 is 9.53 Å². The molecule has 0 saturated carbocycles. The summed E-state index contributed by atoms with van der Waals surface area (Å²) < 4.78 is 4.90. The lowest BCUT2D eigenvalue weighted by Gasteiger charge is -2.06. The Morgan fingerprint density at radius 3 is 2.85 bits per heavy atom. The lowest BCUT2D eigenvalue weighted by molar-refractivity contribution is -0.116. The first-order valence-electron chi connectivity index (χ1n) is 3.89. The highest BCUT2D eigenvalue weighted by molar-refractivity contribution is 6.25. The van der Waals surface area contributed by atoms with Gasteiger partial charge < -0.3 is 9.64 Å². The van der Waals surface area contributed by atoms with Crippen molar-refractivity contribution in [2.75, 3.05) is 27.8 Å². The molecule has 0 spiro atoms. The third-order valence-electron chi connectivity index (χ3n) is 1.52. The fraction of sp³-hybridized carbons (Fsp3) is 0.500. The summed E-state index contributed by atoms with van der Waals surface area (Å²) in [5.74, 6) is -0.180. The van der Waals surface area contributed by atoms with Crippen LogP contribution in [-0.2, 0) is 9.53 Å². The largest absolute Gasteiger partial charge is 0.383 e. The Balaban J connectivity index is 2.80. The fourth-order valence-corrected chi connectivity index (χ4v) is 1.01. The second kappa shape index (κ2) is 4.04. The number of hydrogen-bond acceptors (Lipinski definition) is 4. The zero-order chi connectivity index (χ0) is 9.84. The Bertz CT molecular complexity index is 269. The van der Waals surface area contributed by atoms with E-state index in [1.54, 1.807) is 18.2 Å². The molecule has 1 amide bonds. The van der Waals surface area contributed by atoms with Crippen molar-refractivity contribution in [2.24, 2.45) is 5.10 Å². The van der Waals surface area contributed by atoms with E-state index >= 15 is 0 Å². The first-order valence-corrected chi connectivity index (χ1v) is 3.89. The number of hydrogen-bond donors (Lipinski definition) is 1. The van der Waals surface area contributed by atoms with Gasteiger partial charge in [0, 0.05) is 27.4 Å². The van der Waals surface area contributed by atoms with Gasteiger partial charge in [-0.2, -0.15) is 5.10 Å². The molecule has 72 valence electrons. The van der Waals surface area contributed by atoms with E-state index in [2.05, 4.69) is 10.5 Å². The molecule has 13 heavy (non-hydrogen) atoms. The van der Waals surface area contributed by atoms with E-state index in [4.69, 9.17) is 4.74 Å². The van der Waals surface area contributed by atoms with Crippen LogP contribution < -0.4 is 5.43 Å².